The molecule has 0 unspecified atom stereocenters. The lowest BCUT2D eigenvalue weighted by atomic mass is 10.1. The first-order valence-electron chi connectivity index (χ1n) is 11.0. The predicted molar refractivity (Wildman–Crippen MR) is 136 cm³/mol. The summed E-state index contributed by atoms with van der Waals surface area (Å²) >= 11 is 0. The van der Waals surface area contributed by atoms with E-state index < -0.39 is 10.0 Å². The summed E-state index contributed by atoms with van der Waals surface area (Å²) in [5, 5.41) is 2.83. The van der Waals surface area contributed by atoms with Crippen LogP contribution in [0, 0.1) is 0 Å². The summed E-state index contributed by atoms with van der Waals surface area (Å²) in [5.74, 6) is -0.371. The number of nitrogens with zero attached hydrogens (tertiary/aromatic N) is 2. The number of sulfonamides is 1. The molecular formula is C27H25N3O4S. The van der Waals surface area contributed by atoms with E-state index in [-0.39, 0.29) is 28.5 Å². The average molecular weight is 488 g/mol. The Kier molecular flexibility index (Phi) is 7.12. The second-order valence-electron chi connectivity index (χ2n) is 8.00. The molecule has 35 heavy (non-hydrogen) atoms. The Morgan fingerprint density at radius 1 is 0.857 bits per heavy atom. The van der Waals surface area contributed by atoms with Gasteiger partial charge in [0.2, 0.25) is 0 Å². The van der Waals surface area contributed by atoms with Crippen molar-refractivity contribution < 1.29 is 13.2 Å². The number of hydrogen-bond acceptors (Lipinski definition) is 4. The van der Waals surface area contributed by atoms with Gasteiger partial charge in [0.25, 0.3) is 21.5 Å². The molecule has 4 rings (SSSR count). The molecule has 1 N–H and O–H groups in total. The van der Waals surface area contributed by atoms with Crippen LogP contribution < -0.4 is 15.2 Å². The van der Waals surface area contributed by atoms with Crippen LogP contribution in [0.25, 0.3) is 0 Å². The third kappa shape index (κ3) is 5.67. The predicted octanol–water partition coefficient (Wildman–Crippen LogP) is 3.65. The van der Waals surface area contributed by atoms with Crippen molar-refractivity contribution in [3.63, 3.8) is 0 Å². The minimum atomic E-state index is -3.82. The fourth-order valence-corrected chi connectivity index (χ4v) is 4.81. The Morgan fingerprint density at radius 3 is 2.26 bits per heavy atom. The van der Waals surface area contributed by atoms with Crippen LogP contribution in [-0.4, -0.2) is 25.9 Å². The van der Waals surface area contributed by atoms with Gasteiger partial charge in [0.15, 0.2) is 0 Å². The third-order valence-electron chi connectivity index (χ3n) is 5.60. The Labute approximate surface area is 204 Å². The van der Waals surface area contributed by atoms with E-state index in [0.29, 0.717) is 12.2 Å². The Balaban J connectivity index is 1.41. The van der Waals surface area contributed by atoms with Gasteiger partial charge in [-0.3, -0.25) is 13.9 Å². The summed E-state index contributed by atoms with van der Waals surface area (Å²) in [7, 11) is -2.34. The second kappa shape index (κ2) is 10.4. The van der Waals surface area contributed by atoms with Crippen molar-refractivity contribution in [3.05, 3.63) is 130 Å². The number of amides is 1. The largest absolute Gasteiger partial charge is 0.348 e. The number of benzene rings is 3. The lowest BCUT2D eigenvalue weighted by Gasteiger charge is -2.19. The van der Waals surface area contributed by atoms with Gasteiger partial charge in [-0.2, -0.15) is 0 Å². The zero-order valence-corrected chi connectivity index (χ0v) is 20.0. The molecule has 178 valence electrons. The molecule has 0 fully saturated rings. The summed E-state index contributed by atoms with van der Waals surface area (Å²) in [5.41, 5.74) is 2.57. The monoisotopic (exact) mass is 487 g/mol. The molecule has 0 bridgehead atoms. The standard InChI is InChI=1S/C27H25N3O4S/c1-29(24-9-3-2-4-10-24)35(33,34)25-11-7-8-23(18-25)27(32)28-19-21-13-15-22(16-14-21)20-30-17-6-5-12-26(30)31/h2-18H,19-20H2,1H3,(H,28,32). The van der Waals surface area contributed by atoms with Crippen molar-refractivity contribution in [2.24, 2.45) is 0 Å². The quantitative estimate of drug-likeness (QED) is 0.411. The molecule has 0 saturated heterocycles. The van der Waals surface area contributed by atoms with Gasteiger partial charge >= 0.3 is 0 Å². The van der Waals surface area contributed by atoms with Crippen molar-refractivity contribution in [1.29, 1.82) is 0 Å². The molecule has 1 aromatic heterocycles. The van der Waals surface area contributed by atoms with Crippen LogP contribution in [0.1, 0.15) is 21.5 Å². The van der Waals surface area contributed by atoms with Crippen molar-refractivity contribution >= 4 is 21.6 Å². The summed E-state index contributed by atoms with van der Waals surface area (Å²) < 4.78 is 28.9. The summed E-state index contributed by atoms with van der Waals surface area (Å²) in [6.45, 7) is 0.746. The van der Waals surface area contributed by atoms with Crippen LogP contribution in [0.15, 0.2) is 113 Å². The van der Waals surface area contributed by atoms with E-state index in [1.807, 2.05) is 36.4 Å². The zero-order chi connectivity index (χ0) is 24.8. The van der Waals surface area contributed by atoms with Gasteiger partial charge in [-0.25, -0.2) is 8.42 Å². The smallest absolute Gasteiger partial charge is 0.264 e. The number of nitrogens with one attached hydrogen (secondary N) is 1. The molecule has 0 aliphatic rings. The highest BCUT2D eigenvalue weighted by atomic mass is 32.2. The van der Waals surface area contributed by atoms with Gasteiger partial charge in [0.05, 0.1) is 17.1 Å². The van der Waals surface area contributed by atoms with Crippen LogP contribution in [-0.2, 0) is 23.1 Å². The molecule has 4 aromatic rings. The van der Waals surface area contributed by atoms with Crippen molar-refractivity contribution in [3.8, 4) is 0 Å². The van der Waals surface area contributed by atoms with Gasteiger partial charge in [-0.15, -0.1) is 0 Å². The number of carbonyl (C=O) groups excluding carboxylic acids is 1. The zero-order valence-electron chi connectivity index (χ0n) is 19.2. The third-order valence-corrected chi connectivity index (χ3v) is 7.38. The normalized spacial score (nSPS) is 11.1. The molecule has 0 aliphatic carbocycles. The number of anilines is 1. The van der Waals surface area contributed by atoms with E-state index in [2.05, 4.69) is 5.32 Å². The van der Waals surface area contributed by atoms with E-state index in [9.17, 15) is 18.0 Å². The van der Waals surface area contributed by atoms with Crippen LogP contribution >= 0.6 is 0 Å². The molecule has 8 heteroatoms. The number of para-hydroxylation sites is 1. The topological polar surface area (TPSA) is 88.5 Å². The van der Waals surface area contributed by atoms with Crippen LogP contribution in [0.2, 0.25) is 0 Å². The highest BCUT2D eigenvalue weighted by Gasteiger charge is 2.22. The van der Waals surface area contributed by atoms with Gasteiger partial charge < -0.3 is 9.88 Å². The first-order valence-corrected chi connectivity index (χ1v) is 12.4. The number of hydrogen-bond donors (Lipinski definition) is 1. The maximum Gasteiger partial charge on any atom is 0.264 e. The lowest BCUT2D eigenvalue weighted by Crippen LogP contribution is -2.27. The number of aromatic nitrogens is 1. The first kappa shape index (κ1) is 24.0. The van der Waals surface area contributed by atoms with Gasteiger partial charge in [-0.05, 0) is 47.5 Å². The summed E-state index contributed by atoms with van der Waals surface area (Å²) in [4.78, 5) is 24.6. The minimum Gasteiger partial charge on any atom is -0.348 e. The van der Waals surface area contributed by atoms with Gasteiger partial charge in [0.1, 0.15) is 0 Å². The fraction of sp³-hybridized carbons (Fsp3) is 0.111. The fourth-order valence-electron chi connectivity index (χ4n) is 3.57. The second-order valence-corrected chi connectivity index (χ2v) is 9.97. The number of carbonyl (C=O) groups is 1. The average Bonchev–Trinajstić information content (AvgIpc) is 2.89. The van der Waals surface area contributed by atoms with Crippen LogP contribution in [0.3, 0.4) is 0 Å². The van der Waals surface area contributed by atoms with Gasteiger partial charge in [0, 0.05) is 31.4 Å². The maximum absolute atomic E-state index is 13.0. The molecule has 3 aromatic carbocycles. The number of rotatable bonds is 8. The van der Waals surface area contributed by atoms with Crippen molar-refractivity contribution in [1.82, 2.24) is 9.88 Å². The van der Waals surface area contributed by atoms with Crippen molar-refractivity contribution in [2.75, 3.05) is 11.4 Å². The molecule has 0 atom stereocenters. The number of pyridine rings is 1. The Bertz CT molecular complexity index is 1480. The lowest BCUT2D eigenvalue weighted by molar-refractivity contribution is 0.0950. The SMILES string of the molecule is CN(c1ccccc1)S(=O)(=O)c1cccc(C(=O)NCc2ccc(Cn3ccccc3=O)cc2)c1. The van der Waals surface area contributed by atoms with Crippen molar-refractivity contribution in [2.45, 2.75) is 18.0 Å². The molecule has 1 heterocycles. The van der Waals surface area contributed by atoms with E-state index in [1.54, 1.807) is 53.2 Å². The highest BCUT2D eigenvalue weighted by Crippen LogP contribution is 2.22. The Morgan fingerprint density at radius 2 is 1.54 bits per heavy atom. The molecule has 0 aliphatic heterocycles. The molecule has 0 saturated carbocycles. The van der Waals surface area contributed by atoms with E-state index >= 15 is 0 Å². The molecule has 0 spiro atoms. The van der Waals surface area contributed by atoms with E-state index in [0.717, 1.165) is 11.1 Å². The summed E-state index contributed by atoms with van der Waals surface area (Å²) in [6.07, 6.45) is 1.74. The van der Waals surface area contributed by atoms with E-state index in [1.165, 1.54) is 29.6 Å². The summed E-state index contributed by atoms with van der Waals surface area (Å²) in [6, 6.07) is 27.4. The molecule has 0 radical (unpaired) electrons. The molecular weight excluding hydrogens is 462 g/mol. The highest BCUT2D eigenvalue weighted by molar-refractivity contribution is 7.92. The first-order chi connectivity index (χ1) is 16.8. The van der Waals surface area contributed by atoms with E-state index in [4.69, 9.17) is 0 Å². The van der Waals surface area contributed by atoms with Gasteiger partial charge in [-0.1, -0.05) is 54.6 Å². The Hall–Kier alpha value is -4.17. The molecule has 7 nitrogen and oxygen atoms in total. The molecule has 1 amide bonds. The van der Waals surface area contributed by atoms with Crippen LogP contribution in [0.5, 0.6) is 0 Å². The maximum atomic E-state index is 13.0. The van der Waals surface area contributed by atoms with Crippen LogP contribution in [0.4, 0.5) is 5.69 Å². The minimum absolute atomic E-state index is 0.0389.